The van der Waals surface area contributed by atoms with Crippen LogP contribution in [-0.2, 0) is 17.6 Å². The number of carbonyl (C=O) groups excluding carboxylic acids is 2. The van der Waals surface area contributed by atoms with Gasteiger partial charge in [-0.3, -0.25) is 9.59 Å². The van der Waals surface area contributed by atoms with Crippen LogP contribution in [0.3, 0.4) is 0 Å². The summed E-state index contributed by atoms with van der Waals surface area (Å²) < 4.78 is 0. The molecule has 1 atom stereocenters. The van der Waals surface area contributed by atoms with Crippen molar-refractivity contribution in [2.24, 2.45) is 0 Å². The first kappa shape index (κ1) is 19.9. The molecular weight excluding hydrogens is 336 g/mol. The monoisotopic (exact) mass is 364 g/mol. The molecule has 1 aromatic rings. The Balaban J connectivity index is 0.00000225. The second-order valence-corrected chi connectivity index (χ2v) is 6.99. The molecule has 3 rings (SSSR count). The molecule has 0 bridgehead atoms. The van der Waals surface area contributed by atoms with Crippen molar-refractivity contribution in [3.8, 4) is 0 Å². The number of fused-ring (bicyclic) bond motifs is 1. The molecule has 0 radical (unpaired) electrons. The summed E-state index contributed by atoms with van der Waals surface area (Å²) in [4.78, 5) is 27.0. The number of carbonyl (C=O) groups is 2. The molecule has 1 saturated heterocycles. The molecule has 1 N–H and O–H groups in total. The van der Waals surface area contributed by atoms with Crippen LogP contribution in [0.5, 0.6) is 0 Å². The van der Waals surface area contributed by atoms with Crippen molar-refractivity contribution in [2.75, 3.05) is 19.6 Å². The normalized spacial score (nSPS) is 18.5. The van der Waals surface area contributed by atoms with Crippen molar-refractivity contribution >= 4 is 24.1 Å². The van der Waals surface area contributed by atoms with Crippen molar-refractivity contribution < 1.29 is 9.59 Å². The summed E-state index contributed by atoms with van der Waals surface area (Å²) in [6.07, 6.45) is 6.01. The Kier molecular flexibility index (Phi) is 7.45. The summed E-state index contributed by atoms with van der Waals surface area (Å²) in [6.45, 7) is 4.74. The number of nitrogens with one attached hydrogen (secondary N) is 1. The third-order valence-corrected chi connectivity index (χ3v) is 5.25. The van der Waals surface area contributed by atoms with Gasteiger partial charge in [-0.25, -0.2) is 0 Å². The maximum Gasteiger partial charge on any atom is 0.223 e. The smallest absolute Gasteiger partial charge is 0.223 e. The minimum atomic E-state index is 0. The van der Waals surface area contributed by atoms with Crippen LogP contribution in [-0.4, -0.2) is 42.3 Å². The van der Waals surface area contributed by atoms with E-state index in [0.29, 0.717) is 18.9 Å². The van der Waals surface area contributed by atoms with Gasteiger partial charge in [-0.1, -0.05) is 19.1 Å². The minimum Gasteiger partial charge on any atom is -0.338 e. The van der Waals surface area contributed by atoms with Crippen molar-refractivity contribution in [2.45, 2.75) is 57.9 Å². The van der Waals surface area contributed by atoms with E-state index in [1.165, 1.54) is 17.5 Å². The van der Waals surface area contributed by atoms with Crippen LogP contribution in [0.2, 0.25) is 0 Å². The molecule has 5 heteroatoms. The first-order chi connectivity index (χ1) is 11.7. The van der Waals surface area contributed by atoms with E-state index in [-0.39, 0.29) is 24.1 Å². The molecule has 1 heterocycles. The van der Waals surface area contributed by atoms with Crippen molar-refractivity contribution in [1.82, 2.24) is 10.2 Å². The fourth-order valence-corrected chi connectivity index (χ4v) is 3.91. The number of benzene rings is 1. The number of hydrogen-bond donors (Lipinski definition) is 1. The summed E-state index contributed by atoms with van der Waals surface area (Å²) in [5.41, 5.74) is 3.47. The Bertz CT molecular complexity index is 612. The Morgan fingerprint density at radius 1 is 1.20 bits per heavy atom. The number of Topliss-reactive ketones (excluding diaryl/α,β-unsaturated/α-hetero) is 1. The van der Waals surface area contributed by atoms with Gasteiger partial charge in [0.15, 0.2) is 5.78 Å². The fraction of sp³-hybridized carbons (Fsp3) is 0.600. The number of nitrogens with zero attached hydrogens (tertiary/aromatic N) is 1. The first-order valence-corrected chi connectivity index (χ1v) is 9.34. The Labute approximate surface area is 156 Å². The Morgan fingerprint density at radius 2 is 2.00 bits per heavy atom. The van der Waals surface area contributed by atoms with E-state index in [1.807, 2.05) is 17.0 Å². The van der Waals surface area contributed by atoms with Gasteiger partial charge in [-0.05, 0) is 55.8 Å². The van der Waals surface area contributed by atoms with Gasteiger partial charge >= 0.3 is 0 Å². The first-order valence-electron chi connectivity index (χ1n) is 9.34. The van der Waals surface area contributed by atoms with E-state index < -0.39 is 0 Å². The molecule has 1 aliphatic heterocycles. The van der Waals surface area contributed by atoms with E-state index >= 15 is 0 Å². The van der Waals surface area contributed by atoms with Gasteiger partial charge in [0.1, 0.15) is 0 Å². The molecule has 0 spiro atoms. The highest BCUT2D eigenvalue weighted by Gasteiger charge is 2.26. The third-order valence-electron chi connectivity index (χ3n) is 5.25. The fourth-order valence-electron chi connectivity index (χ4n) is 3.91. The third kappa shape index (κ3) is 4.83. The number of ketones is 1. The summed E-state index contributed by atoms with van der Waals surface area (Å²) in [7, 11) is 0. The van der Waals surface area contributed by atoms with Crippen LogP contribution in [0, 0.1) is 0 Å². The van der Waals surface area contributed by atoms with Gasteiger partial charge in [-0.15, -0.1) is 12.4 Å². The number of amides is 1. The molecule has 25 heavy (non-hydrogen) atoms. The molecule has 138 valence electrons. The minimum absolute atomic E-state index is 0. The zero-order valence-corrected chi connectivity index (χ0v) is 15.9. The molecule has 0 aromatic heterocycles. The maximum absolute atomic E-state index is 12.6. The van der Waals surface area contributed by atoms with Crippen LogP contribution in [0.1, 0.15) is 60.5 Å². The average Bonchev–Trinajstić information content (AvgIpc) is 3.27. The zero-order chi connectivity index (χ0) is 16.9. The van der Waals surface area contributed by atoms with E-state index in [4.69, 9.17) is 0 Å². The number of aryl methyl sites for hydroxylation is 2. The van der Waals surface area contributed by atoms with E-state index in [2.05, 4.69) is 18.3 Å². The summed E-state index contributed by atoms with van der Waals surface area (Å²) in [5, 5.41) is 3.32. The molecule has 1 amide bonds. The van der Waals surface area contributed by atoms with E-state index in [9.17, 15) is 9.59 Å². The lowest BCUT2D eigenvalue weighted by Gasteiger charge is -2.28. The standard InChI is InChI=1S/C20H28N2O2.ClH/c1-2-12-22(18-10-11-21-14-18)20(24)9-8-19(23)17-7-6-15-4-3-5-16(15)13-17;/h6-7,13,18,21H,2-5,8-12,14H2,1H3;1H. The molecule has 1 aliphatic carbocycles. The van der Waals surface area contributed by atoms with Crippen LogP contribution in [0.15, 0.2) is 18.2 Å². The maximum atomic E-state index is 12.6. The zero-order valence-electron chi connectivity index (χ0n) is 15.1. The second kappa shape index (κ2) is 9.35. The second-order valence-electron chi connectivity index (χ2n) is 6.99. The van der Waals surface area contributed by atoms with Crippen LogP contribution in [0.4, 0.5) is 0 Å². The van der Waals surface area contributed by atoms with Gasteiger partial charge in [-0.2, -0.15) is 0 Å². The number of rotatable bonds is 7. The summed E-state index contributed by atoms with van der Waals surface area (Å²) in [5.74, 6) is 0.221. The van der Waals surface area contributed by atoms with Crippen molar-refractivity contribution in [3.05, 3.63) is 34.9 Å². The SMILES string of the molecule is CCCN(C(=O)CCC(=O)c1ccc2c(c1)CCC2)C1CCNC1.Cl. The summed E-state index contributed by atoms with van der Waals surface area (Å²) >= 11 is 0. The number of halogens is 1. The molecule has 1 unspecified atom stereocenters. The van der Waals surface area contributed by atoms with E-state index in [0.717, 1.165) is 50.9 Å². The predicted octanol–water partition coefficient (Wildman–Crippen LogP) is 3.16. The molecular formula is C20H29ClN2O2. The highest BCUT2D eigenvalue weighted by molar-refractivity contribution is 5.98. The Morgan fingerprint density at radius 3 is 2.72 bits per heavy atom. The van der Waals surface area contributed by atoms with Gasteiger partial charge in [0.05, 0.1) is 0 Å². The summed E-state index contributed by atoms with van der Waals surface area (Å²) in [6, 6.07) is 6.36. The molecule has 2 aliphatic rings. The Hall–Kier alpha value is -1.39. The topological polar surface area (TPSA) is 49.4 Å². The molecule has 4 nitrogen and oxygen atoms in total. The average molecular weight is 365 g/mol. The van der Waals surface area contributed by atoms with Gasteiger partial charge in [0, 0.05) is 37.5 Å². The van der Waals surface area contributed by atoms with Crippen LogP contribution < -0.4 is 5.32 Å². The molecule has 0 saturated carbocycles. The highest BCUT2D eigenvalue weighted by Crippen LogP contribution is 2.23. The lowest BCUT2D eigenvalue weighted by molar-refractivity contribution is -0.133. The largest absolute Gasteiger partial charge is 0.338 e. The van der Waals surface area contributed by atoms with Crippen LogP contribution >= 0.6 is 12.4 Å². The van der Waals surface area contributed by atoms with Crippen molar-refractivity contribution in [3.63, 3.8) is 0 Å². The number of hydrogen-bond acceptors (Lipinski definition) is 3. The van der Waals surface area contributed by atoms with E-state index in [1.54, 1.807) is 0 Å². The van der Waals surface area contributed by atoms with Crippen molar-refractivity contribution in [1.29, 1.82) is 0 Å². The van der Waals surface area contributed by atoms with Gasteiger partial charge < -0.3 is 10.2 Å². The predicted molar refractivity (Wildman–Crippen MR) is 103 cm³/mol. The molecule has 1 aromatic carbocycles. The van der Waals surface area contributed by atoms with Gasteiger partial charge in [0.2, 0.25) is 5.91 Å². The quantitative estimate of drug-likeness (QED) is 0.756. The van der Waals surface area contributed by atoms with Gasteiger partial charge in [0.25, 0.3) is 0 Å². The molecule has 1 fully saturated rings. The van der Waals surface area contributed by atoms with Crippen LogP contribution in [0.25, 0.3) is 0 Å². The lowest BCUT2D eigenvalue weighted by Crippen LogP contribution is -2.42. The highest BCUT2D eigenvalue weighted by atomic mass is 35.5. The lowest BCUT2D eigenvalue weighted by atomic mass is 10.0.